The molecule has 7 heteroatoms. The smallest absolute Gasteiger partial charge is 0.221 e. The van der Waals surface area contributed by atoms with E-state index in [0.717, 1.165) is 16.8 Å². The van der Waals surface area contributed by atoms with Crippen LogP contribution in [0.5, 0.6) is 5.75 Å². The van der Waals surface area contributed by atoms with Gasteiger partial charge in [0.25, 0.3) is 0 Å². The highest BCUT2D eigenvalue weighted by Crippen LogP contribution is 2.26. The maximum absolute atomic E-state index is 12.7. The number of fused-ring (bicyclic) bond motifs is 1. The fraction of sp³-hybridized carbons (Fsp3) is 0.100. The third-order valence-corrected chi connectivity index (χ3v) is 4.33. The second-order valence-corrected chi connectivity index (χ2v) is 6.19. The number of phenols is 1. The van der Waals surface area contributed by atoms with Gasteiger partial charge in [-0.05, 0) is 29.8 Å². The Kier molecular flexibility index (Phi) is 4.25. The average molecular weight is 359 g/mol. The molecule has 0 saturated heterocycles. The zero-order valence-corrected chi connectivity index (χ0v) is 14.4. The summed E-state index contributed by atoms with van der Waals surface area (Å²) in [5.41, 5.74) is 9.18. The second-order valence-electron chi connectivity index (χ2n) is 6.19. The molecule has 0 bridgehead atoms. The number of Topliss-reactive ketones (excluding diaryl/α,β-unsaturated/α-hetero) is 1. The average Bonchev–Trinajstić information content (AvgIpc) is 3.07. The van der Waals surface area contributed by atoms with Gasteiger partial charge in [-0.15, -0.1) is 0 Å². The lowest BCUT2D eigenvalue weighted by molar-refractivity contribution is -0.112. The highest BCUT2D eigenvalue weighted by Gasteiger charge is 2.23. The van der Waals surface area contributed by atoms with E-state index < -0.39 is 0 Å². The van der Waals surface area contributed by atoms with Crippen LogP contribution in [-0.4, -0.2) is 26.6 Å². The van der Waals surface area contributed by atoms with Crippen LogP contribution in [-0.2, 0) is 17.8 Å². The van der Waals surface area contributed by atoms with Gasteiger partial charge in [0, 0.05) is 29.4 Å². The molecule has 2 aromatic carbocycles. The van der Waals surface area contributed by atoms with Gasteiger partial charge in [0.15, 0.2) is 5.78 Å². The molecule has 134 valence electrons. The van der Waals surface area contributed by atoms with Gasteiger partial charge >= 0.3 is 0 Å². The Morgan fingerprint density at radius 1 is 1.19 bits per heavy atom. The van der Waals surface area contributed by atoms with Crippen LogP contribution < -0.4 is 11.1 Å². The Hall–Kier alpha value is -3.74. The van der Waals surface area contributed by atoms with Gasteiger partial charge in [-0.1, -0.05) is 24.3 Å². The number of aromatic nitrogens is 2. The Labute approximate surface area is 155 Å². The first-order valence-corrected chi connectivity index (χ1v) is 8.43. The zero-order valence-electron chi connectivity index (χ0n) is 14.4. The number of benzene rings is 2. The largest absolute Gasteiger partial charge is 0.508 e. The fourth-order valence-electron chi connectivity index (χ4n) is 3.01. The molecule has 0 amide bonds. The maximum atomic E-state index is 12.7. The van der Waals surface area contributed by atoms with Crippen molar-refractivity contribution in [2.45, 2.75) is 13.0 Å². The summed E-state index contributed by atoms with van der Waals surface area (Å²) >= 11 is 0. The number of carbonyl (C=O) groups is 1. The number of aromatic hydroxyl groups is 1. The van der Waals surface area contributed by atoms with Gasteiger partial charge in [0.2, 0.25) is 5.95 Å². The molecule has 1 aliphatic rings. The van der Waals surface area contributed by atoms with E-state index in [1.165, 1.54) is 0 Å². The maximum Gasteiger partial charge on any atom is 0.221 e. The Morgan fingerprint density at radius 3 is 2.85 bits per heavy atom. The minimum atomic E-state index is -0.126. The van der Waals surface area contributed by atoms with E-state index in [9.17, 15) is 9.90 Å². The molecule has 0 radical (unpaired) electrons. The van der Waals surface area contributed by atoms with Crippen LogP contribution in [0.4, 0.5) is 17.5 Å². The molecule has 0 spiro atoms. The number of phenolic OH excluding ortho intramolecular Hbond substituents is 1. The van der Waals surface area contributed by atoms with Crippen molar-refractivity contribution in [3.05, 3.63) is 71.4 Å². The summed E-state index contributed by atoms with van der Waals surface area (Å²) in [7, 11) is 0. The van der Waals surface area contributed by atoms with Crippen molar-refractivity contribution >= 4 is 28.9 Å². The van der Waals surface area contributed by atoms with Crippen molar-refractivity contribution in [3.63, 3.8) is 0 Å². The minimum Gasteiger partial charge on any atom is -0.508 e. The normalized spacial score (nSPS) is 12.4. The van der Waals surface area contributed by atoms with E-state index in [4.69, 9.17) is 5.73 Å². The van der Waals surface area contributed by atoms with Gasteiger partial charge in [0.1, 0.15) is 17.3 Å². The summed E-state index contributed by atoms with van der Waals surface area (Å²) in [5.74, 6) is 0.737. The summed E-state index contributed by atoms with van der Waals surface area (Å²) in [5, 5.41) is 13.1. The number of rotatable bonds is 5. The van der Waals surface area contributed by atoms with Crippen molar-refractivity contribution < 1.29 is 9.90 Å². The predicted octanol–water partition coefficient (Wildman–Crippen LogP) is 2.62. The second kappa shape index (κ2) is 6.87. The number of nitrogens with zero attached hydrogens (tertiary/aromatic N) is 3. The molecule has 4 N–H and O–H groups in total. The van der Waals surface area contributed by atoms with Crippen LogP contribution in [0.1, 0.15) is 16.7 Å². The number of nitrogens with one attached hydrogen (secondary N) is 1. The van der Waals surface area contributed by atoms with E-state index in [-0.39, 0.29) is 23.9 Å². The number of hydrogen-bond donors (Lipinski definition) is 3. The minimum absolute atomic E-state index is 0.102. The van der Waals surface area contributed by atoms with Gasteiger partial charge in [-0.2, -0.15) is 4.98 Å². The van der Waals surface area contributed by atoms with Crippen molar-refractivity contribution in [1.82, 2.24) is 9.97 Å². The molecule has 0 aliphatic carbocycles. The van der Waals surface area contributed by atoms with Crippen molar-refractivity contribution in [3.8, 4) is 5.75 Å². The molecule has 1 aliphatic heterocycles. The number of aliphatic imine (C=N–C) groups is 1. The molecule has 4 rings (SSSR count). The van der Waals surface area contributed by atoms with Crippen LogP contribution in [0.2, 0.25) is 0 Å². The van der Waals surface area contributed by atoms with Crippen molar-refractivity contribution in [2.24, 2.45) is 4.99 Å². The molecule has 2 heterocycles. The molecule has 0 saturated carbocycles. The highest BCUT2D eigenvalue weighted by molar-refractivity contribution is 6.47. The zero-order chi connectivity index (χ0) is 18.8. The topological polar surface area (TPSA) is 113 Å². The molecule has 3 aromatic rings. The van der Waals surface area contributed by atoms with Crippen molar-refractivity contribution in [2.75, 3.05) is 11.1 Å². The number of nitrogens with two attached hydrogens (primary N) is 1. The first kappa shape index (κ1) is 16.7. The van der Waals surface area contributed by atoms with Crippen LogP contribution in [0.15, 0.2) is 59.7 Å². The Morgan fingerprint density at radius 2 is 2.04 bits per heavy atom. The molecule has 0 unspecified atom stereocenters. The monoisotopic (exact) mass is 359 g/mol. The lowest BCUT2D eigenvalue weighted by Gasteiger charge is -2.09. The summed E-state index contributed by atoms with van der Waals surface area (Å²) in [4.78, 5) is 25.1. The first-order chi connectivity index (χ1) is 13.1. The van der Waals surface area contributed by atoms with Gasteiger partial charge in [0.05, 0.1) is 6.54 Å². The third kappa shape index (κ3) is 3.48. The SMILES string of the molecule is Nc1nccc(Nc2ccc3c(c2)C(C(=O)Cc2ccccc2O)=NC3)n1. The molecule has 7 nitrogen and oxygen atoms in total. The van der Waals surface area contributed by atoms with E-state index in [1.54, 1.807) is 36.5 Å². The molecule has 0 atom stereocenters. The van der Waals surface area contributed by atoms with Crippen LogP contribution in [0, 0.1) is 0 Å². The Bertz CT molecular complexity index is 1060. The highest BCUT2D eigenvalue weighted by atomic mass is 16.3. The van der Waals surface area contributed by atoms with Gasteiger partial charge < -0.3 is 16.2 Å². The predicted molar refractivity (Wildman–Crippen MR) is 103 cm³/mol. The number of carbonyl (C=O) groups excluding carboxylic acids is 1. The quantitative estimate of drug-likeness (QED) is 0.645. The number of nitrogen functional groups attached to an aromatic ring is 1. The van der Waals surface area contributed by atoms with Crippen LogP contribution in [0.25, 0.3) is 0 Å². The fourth-order valence-corrected chi connectivity index (χ4v) is 3.01. The summed E-state index contributed by atoms with van der Waals surface area (Å²) in [6.07, 6.45) is 1.67. The molecular formula is C20H17N5O2. The number of para-hydroxylation sites is 1. The van der Waals surface area contributed by atoms with E-state index in [0.29, 0.717) is 23.6 Å². The van der Waals surface area contributed by atoms with E-state index in [2.05, 4.69) is 20.3 Å². The summed E-state index contributed by atoms with van der Waals surface area (Å²) in [6.45, 7) is 0.470. The lowest BCUT2D eigenvalue weighted by atomic mass is 9.98. The molecule has 1 aromatic heterocycles. The lowest BCUT2D eigenvalue weighted by Crippen LogP contribution is -2.16. The van der Waals surface area contributed by atoms with Gasteiger partial charge in [-0.25, -0.2) is 4.98 Å². The third-order valence-electron chi connectivity index (χ3n) is 4.33. The molecule has 27 heavy (non-hydrogen) atoms. The van der Waals surface area contributed by atoms with E-state index in [1.807, 2.05) is 18.2 Å². The first-order valence-electron chi connectivity index (χ1n) is 8.43. The number of anilines is 3. The van der Waals surface area contributed by atoms with Crippen LogP contribution >= 0.6 is 0 Å². The summed E-state index contributed by atoms with van der Waals surface area (Å²) < 4.78 is 0. The molecule has 0 fully saturated rings. The van der Waals surface area contributed by atoms with E-state index >= 15 is 0 Å². The number of ketones is 1. The van der Waals surface area contributed by atoms with Crippen LogP contribution in [0.3, 0.4) is 0 Å². The Balaban J connectivity index is 1.57. The number of hydrogen-bond acceptors (Lipinski definition) is 7. The standard InChI is InChI=1S/C20H17N5O2/c21-20-22-8-7-18(25-20)24-14-6-5-13-11-23-19(15(13)10-14)17(27)9-12-3-1-2-4-16(12)26/h1-8,10,26H,9,11H2,(H3,21,22,24,25). The van der Waals surface area contributed by atoms with Crippen molar-refractivity contribution in [1.29, 1.82) is 0 Å². The summed E-state index contributed by atoms with van der Waals surface area (Å²) in [6, 6.07) is 14.3. The molecular weight excluding hydrogens is 342 g/mol. The van der Waals surface area contributed by atoms with Gasteiger partial charge in [-0.3, -0.25) is 9.79 Å².